The van der Waals surface area contributed by atoms with Gasteiger partial charge in [0, 0.05) is 24.7 Å². The molecule has 0 radical (unpaired) electrons. The van der Waals surface area contributed by atoms with Gasteiger partial charge in [-0.05, 0) is 18.2 Å². The van der Waals surface area contributed by atoms with Crippen molar-refractivity contribution in [2.24, 2.45) is 0 Å². The van der Waals surface area contributed by atoms with Gasteiger partial charge in [0.25, 0.3) is 0 Å². The molecule has 1 rings (SSSR count). The van der Waals surface area contributed by atoms with E-state index in [1.165, 1.54) is 77.1 Å². The average molecular weight is 354 g/mol. The number of carbonyl (C=O) groups excluding carboxylic acids is 1. The maximum Gasteiger partial charge on any atom is 0.339 e. The predicted octanol–water partition coefficient (Wildman–Crippen LogP) is 5.93. The van der Waals surface area contributed by atoms with E-state index in [2.05, 4.69) is 11.5 Å². The fourth-order valence-electron chi connectivity index (χ4n) is 2.78. The Morgan fingerprint density at radius 2 is 1.62 bits per heavy atom. The van der Waals surface area contributed by atoms with Gasteiger partial charge in [-0.1, -0.05) is 64.7 Å². The third-order valence-corrected chi connectivity index (χ3v) is 5.36. The number of hydrogen-bond donors (Lipinski definition) is 0. The van der Waals surface area contributed by atoms with Crippen molar-refractivity contribution in [3.05, 3.63) is 24.0 Å². The van der Waals surface area contributed by atoms with Crippen LogP contribution < -0.4 is 0 Å². The molecule has 0 bridgehead atoms. The third kappa shape index (κ3) is 10.1. The van der Waals surface area contributed by atoms with Gasteiger partial charge in [-0.25, -0.2) is 4.79 Å². The Morgan fingerprint density at radius 3 is 2.25 bits per heavy atom. The van der Waals surface area contributed by atoms with Gasteiger partial charge in [-0.3, -0.25) is 0 Å². The molecule has 0 aliphatic heterocycles. The summed E-state index contributed by atoms with van der Waals surface area (Å²) < 4.78 is 6.78. The molecular weight excluding hydrogens is 318 g/mol. The highest BCUT2D eigenvalue weighted by atomic mass is 32.2. The lowest BCUT2D eigenvalue weighted by Gasteiger charge is -2.04. The van der Waals surface area contributed by atoms with Crippen LogP contribution in [-0.4, -0.2) is 29.2 Å². The Balaban J connectivity index is 1.87. The Kier molecular flexibility index (Phi) is 12.7. The maximum absolute atomic E-state index is 11.4. The molecule has 0 aliphatic carbocycles. The van der Waals surface area contributed by atoms with E-state index in [9.17, 15) is 4.79 Å². The van der Waals surface area contributed by atoms with Crippen molar-refractivity contribution in [2.45, 2.75) is 77.7 Å². The van der Waals surface area contributed by atoms with Crippen molar-refractivity contribution in [1.82, 2.24) is 4.57 Å². The molecule has 4 heteroatoms. The van der Waals surface area contributed by atoms with Crippen molar-refractivity contribution >= 4 is 17.7 Å². The fourth-order valence-corrected chi connectivity index (χ4v) is 3.73. The number of nitrogens with zero attached hydrogens (tertiary/aromatic N) is 1. The van der Waals surface area contributed by atoms with E-state index in [-0.39, 0.29) is 5.97 Å². The second kappa shape index (κ2) is 14.4. The number of esters is 1. The van der Waals surface area contributed by atoms with Crippen LogP contribution in [0.2, 0.25) is 0 Å². The number of aromatic nitrogens is 1. The lowest BCUT2D eigenvalue weighted by Crippen LogP contribution is -2.01. The number of hydrogen-bond acceptors (Lipinski definition) is 3. The van der Waals surface area contributed by atoms with Crippen molar-refractivity contribution in [3.8, 4) is 0 Å². The van der Waals surface area contributed by atoms with Gasteiger partial charge in [0.1, 0.15) is 0 Å². The predicted molar refractivity (Wildman–Crippen MR) is 105 cm³/mol. The minimum Gasteiger partial charge on any atom is -0.465 e. The van der Waals surface area contributed by atoms with E-state index >= 15 is 0 Å². The van der Waals surface area contributed by atoms with E-state index in [1.54, 1.807) is 0 Å². The smallest absolute Gasteiger partial charge is 0.339 e. The molecule has 1 heterocycles. The van der Waals surface area contributed by atoms with Crippen LogP contribution in [0.1, 0.15) is 81.5 Å². The highest BCUT2D eigenvalue weighted by molar-refractivity contribution is 7.99. The summed E-state index contributed by atoms with van der Waals surface area (Å²) in [5.74, 6) is 2.10. The molecular formula is C20H35NO2S. The van der Waals surface area contributed by atoms with Crippen LogP contribution >= 0.6 is 11.8 Å². The number of methoxy groups -OCH3 is 1. The molecule has 3 nitrogen and oxygen atoms in total. The highest BCUT2D eigenvalue weighted by Gasteiger charge is 2.06. The lowest BCUT2D eigenvalue weighted by molar-refractivity contribution is 0.0600. The Labute approximate surface area is 152 Å². The highest BCUT2D eigenvalue weighted by Crippen LogP contribution is 2.13. The molecule has 0 atom stereocenters. The number of carbonyl (C=O) groups is 1. The molecule has 0 N–H and O–H groups in total. The summed E-state index contributed by atoms with van der Waals surface area (Å²) in [5, 5.41) is 0. The van der Waals surface area contributed by atoms with Crippen LogP contribution in [0.15, 0.2) is 18.5 Å². The van der Waals surface area contributed by atoms with Crippen LogP contribution in [0.3, 0.4) is 0 Å². The number of ether oxygens (including phenoxy) is 1. The zero-order valence-electron chi connectivity index (χ0n) is 15.6. The van der Waals surface area contributed by atoms with Crippen LogP contribution in [0.25, 0.3) is 0 Å². The van der Waals surface area contributed by atoms with Gasteiger partial charge in [-0.15, -0.1) is 0 Å². The first-order chi connectivity index (χ1) is 11.8. The van der Waals surface area contributed by atoms with Crippen LogP contribution in [0.4, 0.5) is 0 Å². The summed E-state index contributed by atoms with van der Waals surface area (Å²) >= 11 is 2.01. The maximum atomic E-state index is 11.4. The number of aryl methyl sites for hydroxylation is 1. The normalized spacial score (nSPS) is 10.9. The monoisotopic (exact) mass is 353 g/mol. The van der Waals surface area contributed by atoms with E-state index in [4.69, 9.17) is 4.74 Å². The van der Waals surface area contributed by atoms with Crippen LogP contribution in [0, 0.1) is 0 Å². The molecule has 0 unspecified atom stereocenters. The molecule has 0 aliphatic rings. The van der Waals surface area contributed by atoms with Crippen LogP contribution in [0.5, 0.6) is 0 Å². The van der Waals surface area contributed by atoms with Crippen molar-refractivity contribution in [3.63, 3.8) is 0 Å². The Bertz CT molecular complexity index is 431. The largest absolute Gasteiger partial charge is 0.465 e. The minimum absolute atomic E-state index is 0.258. The summed E-state index contributed by atoms with van der Waals surface area (Å²) in [6.07, 6.45) is 17.8. The van der Waals surface area contributed by atoms with Gasteiger partial charge in [-0.2, -0.15) is 11.8 Å². The zero-order chi connectivity index (χ0) is 17.5. The Hall–Kier alpha value is -0.900. The SMILES string of the molecule is CCCCCCCCCCCCSCCn1ccc(C(=O)OC)c1. The molecule has 138 valence electrons. The molecule has 0 fully saturated rings. The molecule has 1 aromatic heterocycles. The van der Waals surface area contributed by atoms with Gasteiger partial charge >= 0.3 is 5.97 Å². The first kappa shape index (κ1) is 21.1. The van der Waals surface area contributed by atoms with E-state index in [0.29, 0.717) is 5.56 Å². The summed E-state index contributed by atoms with van der Waals surface area (Å²) in [4.78, 5) is 11.4. The third-order valence-electron chi connectivity index (χ3n) is 4.31. The molecule has 0 saturated heterocycles. The summed E-state index contributed by atoms with van der Waals surface area (Å²) in [6.45, 7) is 3.23. The van der Waals surface area contributed by atoms with E-state index in [0.717, 1.165) is 12.3 Å². The average Bonchev–Trinajstić information content (AvgIpc) is 3.07. The van der Waals surface area contributed by atoms with Gasteiger partial charge in [0.2, 0.25) is 0 Å². The quantitative estimate of drug-likeness (QED) is 0.289. The number of unbranched alkanes of at least 4 members (excludes halogenated alkanes) is 9. The number of thioether (sulfide) groups is 1. The fraction of sp³-hybridized carbons (Fsp3) is 0.750. The van der Waals surface area contributed by atoms with E-state index < -0.39 is 0 Å². The molecule has 24 heavy (non-hydrogen) atoms. The topological polar surface area (TPSA) is 31.2 Å². The van der Waals surface area contributed by atoms with Gasteiger partial charge in [0.05, 0.1) is 12.7 Å². The summed E-state index contributed by atoms with van der Waals surface area (Å²) in [7, 11) is 1.42. The molecule has 0 amide bonds. The molecule has 1 aromatic rings. The first-order valence-electron chi connectivity index (χ1n) is 9.59. The molecule has 0 aromatic carbocycles. The number of rotatable bonds is 15. The van der Waals surface area contributed by atoms with Crippen molar-refractivity contribution in [2.75, 3.05) is 18.6 Å². The molecule has 0 saturated carbocycles. The minimum atomic E-state index is -0.258. The Morgan fingerprint density at radius 1 is 1.00 bits per heavy atom. The standard InChI is InChI=1S/C20H35NO2S/c1-3-4-5-6-7-8-9-10-11-12-16-24-17-15-21-14-13-19(18-21)20(22)23-2/h13-14,18H,3-12,15-17H2,1-2H3. The summed E-state index contributed by atoms with van der Waals surface area (Å²) in [5.41, 5.74) is 0.636. The molecule has 0 spiro atoms. The second-order valence-corrected chi connectivity index (χ2v) is 7.65. The first-order valence-corrected chi connectivity index (χ1v) is 10.7. The second-order valence-electron chi connectivity index (χ2n) is 6.42. The van der Waals surface area contributed by atoms with Crippen molar-refractivity contribution in [1.29, 1.82) is 0 Å². The zero-order valence-corrected chi connectivity index (χ0v) is 16.4. The van der Waals surface area contributed by atoms with Crippen LogP contribution in [-0.2, 0) is 11.3 Å². The van der Waals surface area contributed by atoms with Gasteiger partial charge < -0.3 is 9.30 Å². The summed E-state index contributed by atoms with van der Waals surface area (Å²) in [6, 6.07) is 1.82. The van der Waals surface area contributed by atoms with E-state index in [1.807, 2.05) is 30.2 Å². The van der Waals surface area contributed by atoms with Crippen molar-refractivity contribution < 1.29 is 9.53 Å². The lowest BCUT2D eigenvalue weighted by atomic mass is 10.1. The van der Waals surface area contributed by atoms with Gasteiger partial charge in [0.15, 0.2) is 0 Å².